The zero-order chi connectivity index (χ0) is 12.8. The Morgan fingerprint density at radius 3 is 2.53 bits per heavy atom. The van der Waals surface area contributed by atoms with E-state index in [-0.39, 0.29) is 29.2 Å². The lowest BCUT2D eigenvalue weighted by molar-refractivity contribution is 0.0953. The number of aromatic nitrogens is 1. The smallest absolute Gasteiger partial charge is 0.312 e. The van der Waals surface area contributed by atoms with Gasteiger partial charge >= 0.3 is 6.03 Å². The third-order valence-corrected chi connectivity index (χ3v) is 2.45. The normalized spacial score (nSPS) is 9.76. The summed E-state index contributed by atoms with van der Waals surface area (Å²) in [6.45, 7) is 0.498. The van der Waals surface area contributed by atoms with E-state index in [1.54, 1.807) is 0 Å². The average molecular weight is 277 g/mol. The molecular weight excluding hydrogens is 267 g/mol. The molecule has 1 rings (SSSR count). The molecule has 0 fully saturated rings. The first kappa shape index (κ1) is 13.5. The topological polar surface area (TPSA) is 97.1 Å². The van der Waals surface area contributed by atoms with Crippen LogP contribution in [0.1, 0.15) is 10.4 Å². The molecule has 0 radical (unpaired) electrons. The number of amides is 3. The zero-order valence-corrected chi connectivity index (χ0v) is 10.2. The van der Waals surface area contributed by atoms with Crippen molar-refractivity contribution in [2.24, 2.45) is 5.73 Å². The summed E-state index contributed by atoms with van der Waals surface area (Å²) in [6, 6.07) is 0.767. The molecule has 3 amide bonds. The maximum Gasteiger partial charge on any atom is 0.312 e. The van der Waals surface area contributed by atoms with Gasteiger partial charge in [0.2, 0.25) is 0 Å². The molecule has 92 valence electrons. The van der Waals surface area contributed by atoms with Crippen molar-refractivity contribution in [3.05, 3.63) is 28.0 Å². The fraction of sp³-hybridized carbons (Fsp3) is 0.222. The highest BCUT2D eigenvalue weighted by Crippen LogP contribution is 2.19. The van der Waals surface area contributed by atoms with Gasteiger partial charge in [-0.3, -0.25) is 4.79 Å². The van der Waals surface area contributed by atoms with Gasteiger partial charge in [-0.05, 0) is 6.07 Å². The first-order valence-corrected chi connectivity index (χ1v) is 5.39. The van der Waals surface area contributed by atoms with E-state index in [2.05, 4.69) is 15.6 Å². The monoisotopic (exact) mass is 276 g/mol. The molecule has 0 aliphatic carbocycles. The number of nitrogens with two attached hydrogens (primary N) is 1. The number of nitrogens with one attached hydrogen (secondary N) is 2. The lowest BCUT2D eigenvalue weighted by Gasteiger charge is -2.05. The van der Waals surface area contributed by atoms with Crippen molar-refractivity contribution in [3.8, 4) is 0 Å². The molecule has 6 nitrogen and oxygen atoms in total. The number of carbonyl (C=O) groups excluding carboxylic acids is 2. The van der Waals surface area contributed by atoms with E-state index in [0.29, 0.717) is 5.56 Å². The van der Waals surface area contributed by atoms with E-state index in [1.165, 1.54) is 12.3 Å². The fourth-order valence-electron chi connectivity index (χ4n) is 1.01. The number of primary amides is 1. The van der Waals surface area contributed by atoms with E-state index in [0.717, 1.165) is 0 Å². The summed E-state index contributed by atoms with van der Waals surface area (Å²) in [5, 5.41) is 5.23. The van der Waals surface area contributed by atoms with Gasteiger partial charge in [-0.1, -0.05) is 23.2 Å². The predicted molar refractivity (Wildman–Crippen MR) is 64.2 cm³/mol. The molecule has 1 aromatic rings. The SMILES string of the molecule is NC(=O)NCCNC(=O)c1cnc(Cl)c(Cl)c1. The molecule has 0 saturated carbocycles. The first-order chi connectivity index (χ1) is 8.00. The minimum Gasteiger partial charge on any atom is -0.352 e. The molecule has 0 saturated heterocycles. The van der Waals surface area contributed by atoms with Crippen molar-refractivity contribution in [3.63, 3.8) is 0 Å². The standard InChI is InChI=1S/C9H10Cl2N4O2/c10-6-3-5(4-15-7(6)11)8(16)13-1-2-14-9(12)17/h3-4H,1-2H2,(H,13,16)(H3,12,14,17). The van der Waals surface area contributed by atoms with Crippen LogP contribution in [0.4, 0.5) is 4.79 Å². The van der Waals surface area contributed by atoms with Crippen LogP contribution in [0.5, 0.6) is 0 Å². The Bertz CT molecular complexity index is 439. The van der Waals surface area contributed by atoms with Crippen LogP contribution in [0.25, 0.3) is 0 Å². The Balaban J connectivity index is 2.47. The van der Waals surface area contributed by atoms with Gasteiger partial charge in [-0.25, -0.2) is 9.78 Å². The number of urea groups is 1. The molecule has 0 aliphatic rings. The van der Waals surface area contributed by atoms with E-state index in [9.17, 15) is 9.59 Å². The maximum atomic E-state index is 11.6. The van der Waals surface area contributed by atoms with Crippen molar-refractivity contribution in [2.75, 3.05) is 13.1 Å². The van der Waals surface area contributed by atoms with Gasteiger partial charge in [0.05, 0.1) is 10.6 Å². The molecule has 0 spiro atoms. The largest absolute Gasteiger partial charge is 0.352 e. The highest BCUT2D eigenvalue weighted by Gasteiger charge is 2.08. The second-order valence-corrected chi connectivity index (χ2v) is 3.81. The molecule has 0 unspecified atom stereocenters. The van der Waals surface area contributed by atoms with Crippen LogP contribution >= 0.6 is 23.2 Å². The Kier molecular flexibility index (Phi) is 4.99. The molecule has 1 aromatic heterocycles. The Morgan fingerprint density at radius 2 is 1.94 bits per heavy atom. The van der Waals surface area contributed by atoms with Gasteiger partial charge in [0.15, 0.2) is 0 Å². The minimum atomic E-state index is -0.643. The van der Waals surface area contributed by atoms with Crippen molar-refractivity contribution >= 4 is 35.1 Å². The lowest BCUT2D eigenvalue weighted by atomic mass is 10.2. The van der Waals surface area contributed by atoms with Gasteiger partial charge in [-0.2, -0.15) is 0 Å². The van der Waals surface area contributed by atoms with E-state index >= 15 is 0 Å². The van der Waals surface area contributed by atoms with E-state index in [4.69, 9.17) is 28.9 Å². The van der Waals surface area contributed by atoms with E-state index < -0.39 is 6.03 Å². The van der Waals surface area contributed by atoms with Gasteiger partial charge in [0, 0.05) is 19.3 Å². The number of halogens is 2. The van der Waals surface area contributed by atoms with Crippen LogP contribution in [0, 0.1) is 0 Å². The van der Waals surface area contributed by atoms with Crippen LogP contribution in [0.15, 0.2) is 12.3 Å². The number of hydrogen-bond acceptors (Lipinski definition) is 3. The number of pyridine rings is 1. The Labute approximate surface area is 107 Å². The van der Waals surface area contributed by atoms with Crippen molar-refractivity contribution in [1.29, 1.82) is 0 Å². The number of nitrogens with zero attached hydrogens (tertiary/aromatic N) is 1. The summed E-state index contributed by atoms with van der Waals surface area (Å²) < 4.78 is 0. The van der Waals surface area contributed by atoms with Crippen molar-refractivity contribution in [2.45, 2.75) is 0 Å². The second-order valence-electron chi connectivity index (χ2n) is 3.04. The molecular formula is C9H10Cl2N4O2. The summed E-state index contributed by atoms with van der Waals surface area (Å²) in [4.78, 5) is 25.6. The fourth-order valence-corrected chi connectivity index (χ4v) is 1.28. The number of hydrogen-bond donors (Lipinski definition) is 3. The molecule has 1 heterocycles. The van der Waals surface area contributed by atoms with Gasteiger partial charge in [0.1, 0.15) is 5.15 Å². The summed E-state index contributed by atoms with van der Waals surface area (Å²) in [7, 11) is 0. The molecule has 0 atom stereocenters. The summed E-state index contributed by atoms with van der Waals surface area (Å²) in [5.74, 6) is -0.359. The predicted octanol–water partition coefficient (Wildman–Crippen LogP) is 0.787. The highest BCUT2D eigenvalue weighted by molar-refractivity contribution is 6.41. The van der Waals surface area contributed by atoms with Gasteiger partial charge in [-0.15, -0.1) is 0 Å². The van der Waals surface area contributed by atoms with Crippen LogP contribution in [-0.2, 0) is 0 Å². The summed E-state index contributed by atoms with van der Waals surface area (Å²) >= 11 is 11.3. The molecule has 0 bridgehead atoms. The molecule has 17 heavy (non-hydrogen) atoms. The van der Waals surface area contributed by atoms with Crippen LogP contribution < -0.4 is 16.4 Å². The first-order valence-electron chi connectivity index (χ1n) is 4.63. The number of rotatable bonds is 4. The lowest BCUT2D eigenvalue weighted by Crippen LogP contribution is -2.37. The minimum absolute atomic E-state index is 0.138. The molecule has 0 aliphatic heterocycles. The Morgan fingerprint density at radius 1 is 1.29 bits per heavy atom. The van der Waals surface area contributed by atoms with Crippen LogP contribution in [0.2, 0.25) is 10.2 Å². The molecule has 0 aromatic carbocycles. The summed E-state index contributed by atoms with van der Waals surface area (Å²) in [5.41, 5.74) is 5.14. The summed E-state index contributed by atoms with van der Waals surface area (Å²) in [6.07, 6.45) is 1.31. The third-order valence-electron chi connectivity index (χ3n) is 1.77. The van der Waals surface area contributed by atoms with E-state index in [1.807, 2.05) is 0 Å². The molecule has 8 heteroatoms. The van der Waals surface area contributed by atoms with Gasteiger partial charge < -0.3 is 16.4 Å². The zero-order valence-electron chi connectivity index (χ0n) is 8.67. The number of carbonyl (C=O) groups is 2. The van der Waals surface area contributed by atoms with Crippen molar-refractivity contribution in [1.82, 2.24) is 15.6 Å². The van der Waals surface area contributed by atoms with Crippen LogP contribution in [-0.4, -0.2) is 30.0 Å². The Hall–Kier alpha value is -1.53. The molecule has 4 N–H and O–H groups in total. The third kappa shape index (κ3) is 4.46. The van der Waals surface area contributed by atoms with Crippen LogP contribution in [0.3, 0.4) is 0 Å². The maximum absolute atomic E-state index is 11.6. The highest BCUT2D eigenvalue weighted by atomic mass is 35.5. The average Bonchev–Trinajstić information content (AvgIpc) is 2.27. The van der Waals surface area contributed by atoms with Gasteiger partial charge in [0.25, 0.3) is 5.91 Å². The van der Waals surface area contributed by atoms with Crippen molar-refractivity contribution < 1.29 is 9.59 Å². The second kappa shape index (κ2) is 6.27. The quantitative estimate of drug-likeness (QED) is 0.560.